The third-order valence-electron chi connectivity index (χ3n) is 2.89. The Morgan fingerprint density at radius 2 is 1.08 bits per heavy atom. The SMILES string of the molecule is OCCOc1cc(Br)c(Sc2cc(Br)c(OCCO)cc2Br)cc1Br. The van der Waals surface area contributed by atoms with Gasteiger partial charge in [0, 0.05) is 18.7 Å². The van der Waals surface area contributed by atoms with Crippen LogP contribution in [0.15, 0.2) is 51.9 Å². The second kappa shape index (κ2) is 10.5. The van der Waals surface area contributed by atoms with Gasteiger partial charge in [0.2, 0.25) is 0 Å². The van der Waals surface area contributed by atoms with Crippen LogP contribution in [0, 0.1) is 0 Å². The number of hydrogen-bond acceptors (Lipinski definition) is 5. The van der Waals surface area contributed by atoms with E-state index >= 15 is 0 Å². The average Bonchev–Trinajstić information content (AvgIpc) is 2.58. The third kappa shape index (κ3) is 6.12. The van der Waals surface area contributed by atoms with Crippen LogP contribution in [0.4, 0.5) is 0 Å². The van der Waals surface area contributed by atoms with Crippen molar-refractivity contribution in [1.82, 2.24) is 0 Å². The van der Waals surface area contributed by atoms with Gasteiger partial charge in [0.25, 0.3) is 0 Å². The predicted molar refractivity (Wildman–Crippen MR) is 113 cm³/mol. The molecule has 0 unspecified atom stereocenters. The van der Waals surface area contributed by atoms with Gasteiger partial charge in [-0.15, -0.1) is 0 Å². The first-order valence-electron chi connectivity index (χ1n) is 7.09. The first-order chi connectivity index (χ1) is 12.0. The van der Waals surface area contributed by atoms with Crippen LogP contribution in [0.3, 0.4) is 0 Å². The molecule has 0 atom stereocenters. The molecule has 2 aromatic carbocycles. The Balaban J connectivity index is 2.24. The molecule has 25 heavy (non-hydrogen) atoms. The van der Waals surface area contributed by atoms with E-state index in [1.165, 1.54) is 0 Å². The van der Waals surface area contributed by atoms with Crippen molar-refractivity contribution >= 4 is 75.5 Å². The highest BCUT2D eigenvalue weighted by Crippen LogP contribution is 2.44. The van der Waals surface area contributed by atoms with Crippen LogP contribution in [0.25, 0.3) is 0 Å². The van der Waals surface area contributed by atoms with E-state index in [1.807, 2.05) is 24.3 Å². The Hall–Kier alpha value is 0.230. The molecule has 4 nitrogen and oxygen atoms in total. The van der Waals surface area contributed by atoms with Crippen molar-refractivity contribution in [2.45, 2.75) is 9.79 Å². The van der Waals surface area contributed by atoms with Crippen molar-refractivity contribution in [1.29, 1.82) is 0 Å². The number of hydrogen-bond donors (Lipinski definition) is 2. The quantitative estimate of drug-likeness (QED) is 0.400. The fraction of sp³-hybridized carbons (Fsp3) is 0.250. The first kappa shape index (κ1) is 21.5. The Labute approximate surface area is 183 Å². The lowest BCUT2D eigenvalue weighted by atomic mass is 10.3. The van der Waals surface area contributed by atoms with E-state index in [0.29, 0.717) is 11.5 Å². The number of benzene rings is 2. The number of rotatable bonds is 8. The summed E-state index contributed by atoms with van der Waals surface area (Å²) in [6.07, 6.45) is 0. The van der Waals surface area contributed by atoms with Gasteiger partial charge in [-0.05, 0) is 88.0 Å². The molecule has 2 rings (SSSR count). The van der Waals surface area contributed by atoms with E-state index in [9.17, 15) is 0 Å². The van der Waals surface area contributed by atoms with Crippen molar-refractivity contribution < 1.29 is 19.7 Å². The van der Waals surface area contributed by atoms with Crippen LogP contribution in [-0.4, -0.2) is 36.6 Å². The molecular weight excluding hydrogens is 608 g/mol. The lowest BCUT2D eigenvalue weighted by Crippen LogP contribution is -2.02. The van der Waals surface area contributed by atoms with E-state index in [-0.39, 0.29) is 26.4 Å². The smallest absolute Gasteiger partial charge is 0.134 e. The molecule has 0 aliphatic rings. The van der Waals surface area contributed by atoms with Gasteiger partial charge in [0.1, 0.15) is 24.7 Å². The number of aliphatic hydroxyl groups excluding tert-OH is 2. The molecule has 0 aromatic heterocycles. The highest BCUT2D eigenvalue weighted by atomic mass is 79.9. The van der Waals surface area contributed by atoms with E-state index in [1.54, 1.807) is 11.8 Å². The Bertz CT molecular complexity index is 681. The number of aliphatic hydroxyl groups is 2. The normalized spacial score (nSPS) is 10.8. The van der Waals surface area contributed by atoms with Crippen LogP contribution in [-0.2, 0) is 0 Å². The Morgan fingerprint density at radius 1 is 0.680 bits per heavy atom. The minimum absolute atomic E-state index is 0.0355. The van der Waals surface area contributed by atoms with Crippen molar-refractivity contribution in [3.63, 3.8) is 0 Å². The van der Waals surface area contributed by atoms with Crippen LogP contribution >= 0.6 is 75.5 Å². The fourth-order valence-electron chi connectivity index (χ4n) is 1.83. The molecule has 0 amide bonds. The highest BCUT2D eigenvalue weighted by molar-refractivity contribution is 9.11. The minimum atomic E-state index is -0.0355. The molecular formula is C16H14Br4O4S. The molecule has 0 aliphatic carbocycles. The number of ether oxygens (including phenoxy) is 2. The van der Waals surface area contributed by atoms with Crippen LogP contribution < -0.4 is 9.47 Å². The summed E-state index contributed by atoms with van der Waals surface area (Å²) in [5.74, 6) is 1.33. The van der Waals surface area contributed by atoms with Gasteiger partial charge < -0.3 is 19.7 Å². The summed E-state index contributed by atoms with van der Waals surface area (Å²) in [4.78, 5) is 2.00. The summed E-state index contributed by atoms with van der Waals surface area (Å²) in [7, 11) is 0. The lowest BCUT2D eigenvalue weighted by Gasteiger charge is -2.13. The molecule has 0 fully saturated rings. The molecule has 0 spiro atoms. The van der Waals surface area contributed by atoms with Gasteiger partial charge in [-0.1, -0.05) is 11.8 Å². The van der Waals surface area contributed by atoms with E-state index in [0.717, 1.165) is 27.7 Å². The highest BCUT2D eigenvalue weighted by Gasteiger charge is 2.13. The molecule has 0 aliphatic heterocycles. The summed E-state index contributed by atoms with van der Waals surface area (Å²) < 4.78 is 14.3. The van der Waals surface area contributed by atoms with Gasteiger partial charge in [0.15, 0.2) is 0 Å². The average molecular weight is 622 g/mol. The maximum Gasteiger partial charge on any atom is 0.134 e. The molecule has 9 heteroatoms. The molecule has 2 aromatic rings. The van der Waals surface area contributed by atoms with Crippen molar-refractivity contribution in [2.75, 3.05) is 26.4 Å². The zero-order chi connectivity index (χ0) is 18.4. The monoisotopic (exact) mass is 618 g/mol. The second-order valence-electron chi connectivity index (χ2n) is 4.67. The fourth-order valence-corrected chi connectivity index (χ4v) is 5.08. The second-order valence-corrected chi connectivity index (χ2v) is 9.17. The molecule has 0 bridgehead atoms. The molecule has 0 heterocycles. The van der Waals surface area contributed by atoms with E-state index in [2.05, 4.69) is 63.7 Å². The maximum atomic E-state index is 8.88. The minimum Gasteiger partial charge on any atom is -0.490 e. The van der Waals surface area contributed by atoms with E-state index in [4.69, 9.17) is 19.7 Å². The zero-order valence-corrected chi connectivity index (χ0v) is 19.9. The standard InChI is InChI=1S/C16H14Br4O4S/c17-9-7-15(11(19)5-13(9)23-3-1-21)25-16-8-10(18)14(6-12(16)20)24-4-2-22/h5-8,21-22H,1-4H2. The summed E-state index contributed by atoms with van der Waals surface area (Å²) in [5.41, 5.74) is 0. The third-order valence-corrected chi connectivity index (χ3v) is 7.08. The van der Waals surface area contributed by atoms with Crippen molar-refractivity contribution in [2.24, 2.45) is 0 Å². The zero-order valence-electron chi connectivity index (χ0n) is 12.8. The lowest BCUT2D eigenvalue weighted by molar-refractivity contribution is 0.200. The van der Waals surface area contributed by atoms with Gasteiger partial charge in [0.05, 0.1) is 22.2 Å². The van der Waals surface area contributed by atoms with Crippen molar-refractivity contribution in [3.05, 3.63) is 42.2 Å². The summed E-state index contributed by atoms with van der Waals surface area (Å²) >= 11 is 15.7. The molecule has 0 saturated carbocycles. The van der Waals surface area contributed by atoms with E-state index < -0.39 is 0 Å². The topological polar surface area (TPSA) is 58.9 Å². The number of halogens is 4. The summed E-state index contributed by atoms with van der Waals surface area (Å²) in [6, 6.07) is 7.64. The maximum absolute atomic E-state index is 8.88. The van der Waals surface area contributed by atoms with Crippen LogP contribution in [0.5, 0.6) is 11.5 Å². The van der Waals surface area contributed by atoms with Crippen LogP contribution in [0.2, 0.25) is 0 Å². The molecule has 0 saturated heterocycles. The van der Waals surface area contributed by atoms with Gasteiger partial charge >= 0.3 is 0 Å². The summed E-state index contributed by atoms with van der Waals surface area (Å²) in [5, 5.41) is 17.8. The summed E-state index contributed by atoms with van der Waals surface area (Å²) in [6.45, 7) is 0.412. The molecule has 136 valence electrons. The Kier molecular flexibility index (Phi) is 9.07. The van der Waals surface area contributed by atoms with Gasteiger partial charge in [-0.25, -0.2) is 0 Å². The molecule has 0 radical (unpaired) electrons. The Morgan fingerprint density at radius 3 is 1.44 bits per heavy atom. The van der Waals surface area contributed by atoms with Gasteiger partial charge in [-0.2, -0.15) is 0 Å². The van der Waals surface area contributed by atoms with Crippen molar-refractivity contribution in [3.8, 4) is 11.5 Å². The first-order valence-corrected chi connectivity index (χ1v) is 11.1. The van der Waals surface area contributed by atoms with Gasteiger partial charge in [-0.3, -0.25) is 0 Å². The largest absolute Gasteiger partial charge is 0.490 e. The van der Waals surface area contributed by atoms with Crippen LogP contribution in [0.1, 0.15) is 0 Å². The molecule has 2 N–H and O–H groups in total. The predicted octanol–water partition coefficient (Wildman–Crippen LogP) is 5.63.